The van der Waals surface area contributed by atoms with Crippen LogP contribution in [0.4, 0.5) is 15.8 Å². The van der Waals surface area contributed by atoms with Gasteiger partial charge in [0.1, 0.15) is 5.82 Å². The first-order valence-corrected chi connectivity index (χ1v) is 7.23. The summed E-state index contributed by atoms with van der Waals surface area (Å²) < 4.78 is 14.4. The molecule has 0 saturated heterocycles. The van der Waals surface area contributed by atoms with Gasteiger partial charge < -0.3 is 10.6 Å². The van der Waals surface area contributed by atoms with Gasteiger partial charge in [0, 0.05) is 18.8 Å². The topological polar surface area (TPSA) is 29.3 Å². The molecule has 3 heteroatoms. The minimum Gasteiger partial charge on any atom is -0.342 e. The van der Waals surface area contributed by atoms with Crippen molar-refractivity contribution in [2.75, 3.05) is 11.9 Å². The van der Waals surface area contributed by atoms with Crippen LogP contribution in [0, 0.1) is 19.7 Å². The third-order valence-electron chi connectivity index (χ3n) is 3.64. The molecular formula is C18H23FN2. The fourth-order valence-corrected chi connectivity index (χ4v) is 2.63. The maximum absolute atomic E-state index is 14.4. The van der Waals surface area contributed by atoms with Crippen LogP contribution in [0.2, 0.25) is 0 Å². The molecule has 2 N–H and O–H groups in total. The summed E-state index contributed by atoms with van der Waals surface area (Å²) >= 11 is 0. The highest BCUT2D eigenvalue weighted by Crippen LogP contribution is 2.29. The molecule has 1 unspecified atom stereocenters. The summed E-state index contributed by atoms with van der Waals surface area (Å²) in [5.41, 5.74) is 10.6. The number of hydrogen-bond acceptors (Lipinski definition) is 2. The Kier molecular flexibility index (Phi) is 4.63. The normalized spacial score (nSPS) is 12.3. The van der Waals surface area contributed by atoms with E-state index in [0.717, 1.165) is 16.8 Å². The summed E-state index contributed by atoms with van der Waals surface area (Å²) in [6.45, 7) is 6.02. The maximum Gasteiger partial charge on any atom is 0.147 e. The molecule has 2 rings (SSSR count). The lowest BCUT2D eigenvalue weighted by atomic mass is 10.1. The van der Waals surface area contributed by atoms with E-state index in [2.05, 4.69) is 13.0 Å². The summed E-state index contributed by atoms with van der Waals surface area (Å²) in [4.78, 5) is 1.89. The van der Waals surface area contributed by atoms with Crippen LogP contribution in [-0.2, 0) is 6.42 Å². The van der Waals surface area contributed by atoms with E-state index < -0.39 is 0 Å². The first-order valence-electron chi connectivity index (χ1n) is 7.23. The lowest BCUT2D eigenvalue weighted by Crippen LogP contribution is -2.18. The second-order valence-electron chi connectivity index (χ2n) is 5.82. The Balaban J connectivity index is 2.32. The molecule has 2 aromatic rings. The van der Waals surface area contributed by atoms with Crippen LogP contribution in [0.3, 0.4) is 0 Å². The van der Waals surface area contributed by atoms with Crippen LogP contribution in [-0.4, -0.2) is 13.1 Å². The summed E-state index contributed by atoms with van der Waals surface area (Å²) in [7, 11) is 1.89. The van der Waals surface area contributed by atoms with Crippen molar-refractivity contribution in [1.29, 1.82) is 0 Å². The average Bonchev–Trinajstić information content (AvgIpc) is 2.37. The Hall–Kier alpha value is -1.87. The summed E-state index contributed by atoms with van der Waals surface area (Å²) in [5.74, 6) is -0.212. The molecule has 2 aromatic carbocycles. The predicted molar refractivity (Wildman–Crippen MR) is 87.7 cm³/mol. The molecule has 0 aromatic heterocycles. The number of hydrogen-bond donors (Lipinski definition) is 1. The van der Waals surface area contributed by atoms with Gasteiger partial charge >= 0.3 is 0 Å². The third-order valence-corrected chi connectivity index (χ3v) is 3.64. The number of halogens is 1. The van der Waals surface area contributed by atoms with Gasteiger partial charge in [-0.15, -0.1) is 0 Å². The summed E-state index contributed by atoms with van der Waals surface area (Å²) in [5, 5.41) is 0. The number of nitrogens with zero attached hydrogens (tertiary/aromatic N) is 1. The van der Waals surface area contributed by atoms with Gasteiger partial charge in [0.25, 0.3) is 0 Å². The van der Waals surface area contributed by atoms with Crippen molar-refractivity contribution in [2.24, 2.45) is 5.73 Å². The number of anilines is 2. The Morgan fingerprint density at radius 1 is 1.10 bits per heavy atom. The lowest BCUT2D eigenvalue weighted by molar-refractivity contribution is 0.622. The minimum absolute atomic E-state index is 0.0346. The molecule has 1 atom stereocenters. The quantitative estimate of drug-likeness (QED) is 0.917. The van der Waals surface area contributed by atoms with Crippen LogP contribution in [0.25, 0.3) is 0 Å². The first kappa shape index (κ1) is 15.5. The maximum atomic E-state index is 14.4. The van der Waals surface area contributed by atoms with E-state index in [1.165, 1.54) is 5.56 Å². The molecule has 112 valence electrons. The van der Waals surface area contributed by atoms with Gasteiger partial charge in [0.15, 0.2) is 0 Å². The van der Waals surface area contributed by atoms with E-state index in [4.69, 9.17) is 5.73 Å². The zero-order valence-electron chi connectivity index (χ0n) is 13.2. The highest BCUT2D eigenvalue weighted by molar-refractivity contribution is 5.66. The predicted octanol–water partition coefficient (Wildman–Crippen LogP) is 4.10. The van der Waals surface area contributed by atoms with Gasteiger partial charge in [0.05, 0.1) is 5.69 Å². The lowest BCUT2D eigenvalue weighted by Gasteiger charge is -2.23. The van der Waals surface area contributed by atoms with E-state index in [9.17, 15) is 4.39 Å². The van der Waals surface area contributed by atoms with Gasteiger partial charge in [-0.05, 0) is 56.5 Å². The van der Waals surface area contributed by atoms with Gasteiger partial charge in [-0.2, -0.15) is 0 Å². The van der Waals surface area contributed by atoms with Crippen molar-refractivity contribution in [3.8, 4) is 0 Å². The Bertz CT molecular complexity index is 635. The SMILES string of the molecule is Cc1ccc(N(C)c2ccc(CC(C)N)cc2F)c(C)c1. The molecule has 0 amide bonds. The standard InChI is InChI=1S/C18H23FN2/c1-12-5-7-17(13(2)9-12)21(4)18-8-6-15(10-14(3)20)11-16(18)19/h5-9,11,14H,10,20H2,1-4H3. The molecule has 0 fully saturated rings. The minimum atomic E-state index is -0.212. The van der Waals surface area contributed by atoms with Crippen LogP contribution in [0.5, 0.6) is 0 Å². The molecule has 0 aliphatic heterocycles. The van der Waals surface area contributed by atoms with Gasteiger partial charge in [-0.3, -0.25) is 0 Å². The van der Waals surface area contributed by atoms with Crippen molar-refractivity contribution < 1.29 is 4.39 Å². The molecule has 0 heterocycles. The van der Waals surface area contributed by atoms with Gasteiger partial charge in [-0.25, -0.2) is 4.39 Å². The zero-order valence-corrected chi connectivity index (χ0v) is 13.2. The van der Waals surface area contributed by atoms with Crippen LogP contribution < -0.4 is 10.6 Å². The summed E-state index contributed by atoms with van der Waals surface area (Å²) in [6.07, 6.45) is 0.685. The largest absolute Gasteiger partial charge is 0.342 e. The van der Waals surface area contributed by atoms with E-state index in [1.807, 2.05) is 50.1 Å². The Morgan fingerprint density at radius 3 is 2.33 bits per heavy atom. The van der Waals surface area contributed by atoms with Crippen LogP contribution in [0.15, 0.2) is 36.4 Å². The monoisotopic (exact) mass is 286 g/mol. The van der Waals surface area contributed by atoms with Crippen molar-refractivity contribution in [2.45, 2.75) is 33.2 Å². The van der Waals surface area contributed by atoms with E-state index >= 15 is 0 Å². The Labute approximate surface area is 126 Å². The average molecular weight is 286 g/mol. The molecule has 0 saturated carbocycles. The number of nitrogens with two attached hydrogens (primary N) is 1. The molecular weight excluding hydrogens is 263 g/mol. The highest BCUT2D eigenvalue weighted by Gasteiger charge is 2.12. The second kappa shape index (κ2) is 6.27. The number of rotatable bonds is 4. The molecule has 0 bridgehead atoms. The molecule has 21 heavy (non-hydrogen) atoms. The van der Waals surface area contributed by atoms with Crippen LogP contribution >= 0.6 is 0 Å². The fraction of sp³-hybridized carbons (Fsp3) is 0.333. The van der Waals surface area contributed by atoms with Gasteiger partial charge in [0.2, 0.25) is 0 Å². The van der Waals surface area contributed by atoms with Crippen molar-refractivity contribution in [3.05, 3.63) is 58.9 Å². The molecule has 0 aliphatic rings. The van der Waals surface area contributed by atoms with Crippen molar-refractivity contribution in [3.63, 3.8) is 0 Å². The number of aryl methyl sites for hydroxylation is 2. The van der Waals surface area contributed by atoms with Gasteiger partial charge in [-0.1, -0.05) is 23.8 Å². The highest BCUT2D eigenvalue weighted by atomic mass is 19.1. The van der Waals surface area contributed by atoms with E-state index in [-0.39, 0.29) is 11.9 Å². The molecule has 0 spiro atoms. The third kappa shape index (κ3) is 3.61. The van der Waals surface area contributed by atoms with Crippen LogP contribution in [0.1, 0.15) is 23.6 Å². The molecule has 0 radical (unpaired) electrons. The fourth-order valence-electron chi connectivity index (χ4n) is 2.63. The molecule has 0 aliphatic carbocycles. The number of benzene rings is 2. The molecule has 2 nitrogen and oxygen atoms in total. The second-order valence-corrected chi connectivity index (χ2v) is 5.82. The Morgan fingerprint density at radius 2 is 1.76 bits per heavy atom. The van der Waals surface area contributed by atoms with Crippen molar-refractivity contribution >= 4 is 11.4 Å². The zero-order chi connectivity index (χ0) is 15.6. The van der Waals surface area contributed by atoms with Crippen molar-refractivity contribution in [1.82, 2.24) is 0 Å². The summed E-state index contributed by atoms with van der Waals surface area (Å²) in [6, 6.07) is 11.6. The van der Waals surface area contributed by atoms with E-state index in [0.29, 0.717) is 12.1 Å². The smallest absolute Gasteiger partial charge is 0.147 e. The van der Waals surface area contributed by atoms with E-state index in [1.54, 1.807) is 6.07 Å². The first-order chi connectivity index (χ1) is 9.88.